The second kappa shape index (κ2) is 5.09. The predicted molar refractivity (Wildman–Crippen MR) is 73.5 cm³/mol. The third kappa shape index (κ3) is 2.26. The highest BCUT2D eigenvalue weighted by Gasteiger charge is 2.24. The summed E-state index contributed by atoms with van der Waals surface area (Å²) in [5, 5.41) is 4.29. The molecule has 3 heterocycles. The molecule has 5 heteroatoms. The first-order chi connectivity index (χ1) is 9.29. The van der Waals surface area contributed by atoms with Gasteiger partial charge in [0.05, 0.1) is 29.8 Å². The molecule has 0 amide bonds. The normalized spacial score (nSPS) is 20.0. The van der Waals surface area contributed by atoms with Gasteiger partial charge in [-0.15, -0.1) is 0 Å². The quantitative estimate of drug-likeness (QED) is 0.845. The van der Waals surface area contributed by atoms with Gasteiger partial charge in [0.1, 0.15) is 5.69 Å². The summed E-state index contributed by atoms with van der Waals surface area (Å²) in [5.41, 5.74) is 3.02. The van der Waals surface area contributed by atoms with Crippen LogP contribution in [0.5, 0.6) is 0 Å². The summed E-state index contributed by atoms with van der Waals surface area (Å²) in [7, 11) is 2.16. The summed E-state index contributed by atoms with van der Waals surface area (Å²) in [6.07, 6.45) is 7.93. The van der Waals surface area contributed by atoms with Crippen LogP contribution in [0, 0.1) is 0 Å². The molecule has 1 atom stereocenters. The fourth-order valence-corrected chi connectivity index (χ4v) is 2.75. The van der Waals surface area contributed by atoms with E-state index >= 15 is 0 Å². The molecule has 1 aliphatic heterocycles. The van der Waals surface area contributed by atoms with E-state index in [4.69, 9.17) is 4.98 Å². The average molecular weight is 257 g/mol. The highest BCUT2D eigenvalue weighted by Crippen LogP contribution is 2.29. The maximum absolute atomic E-state index is 4.79. The zero-order valence-electron chi connectivity index (χ0n) is 11.5. The van der Waals surface area contributed by atoms with Crippen LogP contribution in [0.2, 0.25) is 0 Å². The maximum atomic E-state index is 4.79. The zero-order chi connectivity index (χ0) is 13.2. The van der Waals surface area contributed by atoms with E-state index in [-0.39, 0.29) is 0 Å². The number of rotatable bonds is 3. The number of hydrogen-bond donors (Lipinski definition) is 0. The van der Waals surface area contributed by atoms with Crippen molar-refractivity contribution in [2.45, 2.75) is 32.4 Å². The van der Waals surface area contributed by atoms with Gasteiger partial charge >= 0.3 is 0 Å². The topological polar surface area (TPSA) is 46.8 Å². The first-order valence-electron chi connectivity index (χ1n) is 6.84. The molecule has 100 valence electrons. The lowest BCUT2D eigenvalue weighted by molar-refractivity contribution is 0.311. The van der Waals surface area contributed by atoms with E-state index in [1.54, 1.807) is 0 Å². The number of nitrogens with zero attached hydrogens (tertiary/aromatic N) is 5. The van der Waals surface area contributed by atoms with Gasteiger partial charge in [-0.2, -0.15) is 5.10 Å². The van der Waals surface area contributed by atoms with E-state index in [0.29, 0.717) is 6.04 Å². The van der Waals surface area contributed by atoms with Gasteiger partial charge in [0.15, 0.2) is 0 Å². The molecule has 0 radical (unpaired) electrons. The van der Waals surface area contributed by atoms with E-state index in [1.165, 1.54) is 12.8 Å². The van der Waals surface area contributed by atoms with Gasteiger partial charge < -0.3 is 0 Å². The van der Waals surface area contributed by atoms with Crippen molar-refractivity contribution >= 4 is 0 Å². The number of aromatic nitrogens is 4. The fourth-order valence-electron chi connectivity index (χ4n) is 2.75. The molecule has 0 aliphatic carbocycles. The van der Waals surface area contributed by atoms with Crippen LogP contribution in [0.3, 0.4) is 0 Å². The van der Waals surface area contributed by atoms with Crippen LogP contribution in [0.15, 0.2) is 24.7 Å². The van der Waals surface area contributed by atoms with Crippen molar-refractivity contribution in [2.24, 2.45) is 0 Å². The molecule has 1 saturated heterocycles. The highest BCUT2D eigenvalue weighted by molar-refractivity contribution is 5.52. The van der Waals surface area contributed by atoms with Gasteiger partial charge in [-0.25, -0.2) is 4.98 Å². The minimum atomic E-state index is 0.408. The molecule has 0 unspecified atom stereocenters. The van der Waals surface area contributed by atoms with Gasteiger partial charge in [-0.05, 0) is 39.4 Å². The monoisotopic (exact) mass is 257 g/mol. The molecule has 0 aromatic carbocycles. The van der Waals surface area contributed by atoms with Gasteiger partial charge in [0, 0.05) is 12.7 Å². The molecular weight excluding hydrogens is 238 g/mol. The number of hydrogen-bond acceptors (Lipinski definition) is 4. The Bertz CT molecular complexity index is 562. The largest absolute Gasteiger partial charge is 0.298 e. The lowest BCUT2D eigenvalue weighted by Gasteiger charge is -2.18. The van der Waals surface area contributed by atoms with E-state index in [2.05, 4.69) is 29.0 Å². The summed E-state index contributed by atoms with van der Waals surface area (Å²) in [4.78, 5) is 11.5. The van der Waals surface area contributed by atoms with Crippen LogP contribution in [-0.2, 0) is 6.54 Å². The lowest BCUT2D eigenvalue weighted by atomic mass is 10.1. The Hall–Kier alpha value is -1.75. The van der Waals surface area contributed by atoms with Crippen molar-refractivity contribution in [2.75, 3.05) is 13.6 Å². The van der Waals surface area contributed by atoms with Crippen molar-refractivity contribution in [1.82, 2.24) is 24.6 Å². The van der Waals surface area contributed by atoms with Crippen LogP contribution >= 0.6 is 0 Å². The van der Waals surface area contributed by atoms with Crippen molar-refractivity contribution in [1.29, 1.82) is 0 Å². The Morgan fingerprint density at radius 1 is 1.37 bits per heavy atom. The Kier molecular flexibility index (Phi) is 3.29. The van der Waals surface area contributed by atoms with Gasteiger partial charge in [0.25, 0.3) is 0 Å². The van der Waals surface area contributed by atoms with Gasteiger partial charge in [0.2, 0.25) is 0 Å². The second-order valence-corrected chi connectivity index (χ2v) is 5.00. The maximum Gasteiger partial charge on any atom is 0.107 e. The Labute approximate surface area is 113 Å². The predicted octanol–water partition coefficient (Wildman–Crippen LogP) is 2.13. The zero-order valence-corrected chi connectivity index (χ0v) is 11.5. The molecule has 1 fully saturated rings. The lowest BCUT2D eigenvalue weighted by Crippen LogP contribution is -2.19. The van der Waals surface area contributed by atoms with Crippen LogP contribution < -0.4 is 0 Å². The van der Waals surface area contributed by atoms with Crippen molar-refractivity contribution in [3.63, 3.8) is 0 Å². The van der Waals surface area contributed by atoms with Crippen LogP contribution in [0.1, 0.15) is 31.5 Å². The Morgan fingerprint density at radius 3 is 3.00 bits per heavy atom. The van der Waals surface area contributed by atoms with Crippen LogP contribution in [0.25, 0.3) is 11.4 Å². The highest BCUT2D eigenvalue weighted by atomic mass is 15.3. The van der Waals surface area contributed by atoms with Gasteiger partial charge in [-0.1, -0.05) is 0 Å². The molecular formula is C14H19N5. The molecule has 2 aromatic heterocycles. The molecule has 0 saturated carbocycles. The van der Waals surface area contributed by atoms with E-state index in [9.17, 15) is 0 Å². The Morgan fingerprint density at radius 2 is 2.26 bits per heavy atom. The fraction of sp³-hybridized carbons (Fsp3) is 0.500. The molecule has 1 aliphatic rings. The van der Waals surface area contributed by atoms with Crippen LogP contribution in [-0.4, -0.2) is 38.2 Å². The molecule has 5 nitrogen and oxygen atoms in total. The second-order valence-electron chi connectivity index (χ2n) is 5.00. The third-order valence-electron chi connectivity index (χ3n) is 3.79. The Balaban J connectivity index is 1.96. The summed E-state index contributed by atoms with van der Waals surface area (Å²) in [6.45, 7) is 4.07. The molecule has 0 spiro atoms. The molecule has 3 rings (SSSR count). The summed E-state index contributed by atoms with van der Waals surface area (Å²) >= 11 is 0. The summed E-state index contributed by atoms with van der Waals surface area (Å²) in [5.74, 6) is 0. The smallest absolute Gasteiger partial charge is 0.107 e. The molecule has 2 aromatic rings. The minimum Gasteiger partial charge on any atom is -0.298 e. The van der Waals surface area contributed by atoms with E-state index < -0.39 is 0 Å². The summed E-state index contributed by atoms with van der Waals surface area (Å²) in [6, 6.07) is 2.40. The van der Waals surface area contributed by atoms with Crippen LogP contribution in [0.4, 0.5) is 0 Å². The minimum absolute atomic E-state index is 0.408. The average Bonchev–Trinajstić information content (AvgIpc) is 3.07. The SMILES string of the molecule is CCn1nccc1-c1cncc([C@H]2CCCN2C)n1. The van der Waals surface area contributed by atoms with Gasteiger partial charge in [-0.3, -0.25) is 14.6 Å². The molecule has 0 N–H and O–H groups in total. The first kappa shape index (κ1) is 12.3. The standard InChI is InChI=1S/C14H19N5/c1-3-19-14(6-7-16-19)12-10-15-9-11(17-12)13-5-4-8-18(13)2/h6-7,9-10,13H,3-5,8H2,1-2H3/t13-/m1/s1. The molecule has 0 bridgehead atoms. The number of aryl methyl sites for hydroxylation is 1. The van der Waals surface area contributed by atoms with Crippen molar-refractivity contribution in [3.05, 3.63) is 30.4 Å². The van der Waals surface area contributed by atoms with E-state index in [1.807, 2.05) is 29.3 Å². The number of likely N-dealkylation sites (tertiary alicyclic amines) is 1. The third-order valence-corrected chi connectivity index (χ3v) is 3.79. The van der Waals surface area contributed by atoms with E-state index in [0.717, 1.165) is 30.2 Å². The molecule has 19 heavy (non-hydrogen) atoms. The summed E-state index contributed by atoms with van der Waals surface area (Å²) < 4.78 is 1.95. The first-order valence-corrected chi connectivity index (χ1v) is 6.84. The van der Waals surface area contributed by atoms with Crippen molar-refractivity contribution < 1.29 is 0 Å². The van der Waals surface area contributed by atoms with Crippen molar-refractivity contribution in [3.8, 4) is 11.4 Å².